The molecule has 3 amide bonds. The van der Waals surface area contributed by atoms with Crippen molar-refractivity contribution in [3.8, 4) is 0 Å². The lowest BCUT2D eigenvalue weighted by Crippen LogP contribution is -2.27. The molecular formula is C24H27N5O3S. The van der Waals surface area contributed by atoms with Gasteiger partial charge in [0.1, 0.15) is 17.7 Å². The Kier molecular flexibility index (Phi) is 7.89. The van der Waals surface area contributed by atoms with Gasteiger partial charge in [-0.2, -0.15) is 0 Å². The number of nitrogens with one attached hydrogen (secondary N) is 2. The molecule has 0 aliphatic carbocycles. The highest BCUT2D eigenvalue weighted by atomic mass is 32.1. The number of hydrogen-bond acceptors (Lipinski definition) is 6. The molecule has 0 fully saturated rings. The normalized spacial score (nSPS) is 10.5. The SMILES string of the molecule is CCc1cc(C)ccc1CNC(=O)c1cc(C(=O)NCc2csc(C(=O)N(C)C)c2)ncn1. The van der Waals surface area contributed by atoms with Crippen LogP contribution in [0, 0.1) is 6.92 Å². The van der Waals surface area contributed by atoms with Gasteiger partial charge in [-0.15, -0.1) is 11.3 Å². The second-order valence-corrected chi connectivity index (χ2v) is 8.71. The van der Waals surface area contributed by atoms with Crippen LogP contribution in [0.2, 0.25) is 0 Å². The van der Waals surface area contributed by atoms with Gasteiger partial charge in [-0.05, 0) is 41.5 Å². The van der Waals surface area contributed by atoms with E-state index in [1.54, 1.807) is 20.2 Å². The molecule has 0 bridgehead atoms. The van der Waals surface area contributed by atoms with Gasteiger partial charge in [-0.1, -0.05) is 30.7 Å². The minimum Gasteiger partial charge on any atom is -0.347 e. The number of aromatic nitrogens is 2. The van der Waals surface area contributed by atoms with Gasteiger partial charge in [-0.3, -0.25) is 14.4 Å². The molecule has 2 N–H and O–H groups in total. The summed E-state index contributed by atoms with van der Waals surface area (Å²) in [4.78, 5) is 47.2. The van der Waals surface area contributed by atoms with Crippen molar-refractivity contribution in [2.24, 2.45) is 0 Å². The van der Waals surface area contributed by atoms with Crippen LogP contribution in [0.1, 0.15) is 59.8 Å². The zero-order valence-corrected chi connectivity index (χ0v) is 20.0. The van der Waals surface area contributed by atoms with Crippen LogP contribution >= 0.6 is 11.3 Å². The molecule has 9 heteroatoms. The first-order valence-electron chi connectivity index (χ1n) is 10.5. The van der Waals surface area contributed by atoms with E-state index in [9.17, 15) is 14.4 Å². The Balaban J connectivity index is 1.60. The van der Waals surface area contributed by atoms with Crippen molar-refractivity contribution in [2.75, 3.05) is 14.1 Å². The number of aryl methyl sites for hydroxylation is 2. The predicted octanol–water partition coefficient (Wildman–Crippen LogP) is 2.97. The van der Waals surface area contributed by atoms with Crippen LogP contribution in [0.4, 0.5) is 0 Å². The fourth-order valence-corrected chi connectivity index (χ4v) is 4.13. The maximum atomic E-state index is 12.6. The van der Waals surface area contributed by atoms with Crippen molar-refractivity contribution in [3.63, 3.8) is 0 Å². The van der Waals surface area contributed by atoms with Gasteiger partial charge in [0.2, 0.25) is 0 Å². The van der Waals surface area contributed by atoms with Crippen LogP contribution in [-0.2, 0) is 19.5 Å². The first kappa shape index (κ1) is 24.1. The molecule has 1 aromatic carbocycles. The summed E-state index contributed by atoms with van der Waals surface area (Å²) in [7, 11) is 3.38. The molecular weight excluding hydrogens is 438 g/mol. The summed E-state index contributed by atoms with van der Waals surface area (Å²) < 4.78 is 0. The predicted molar refractivity (Wildman–Crippen MR) is 127 cm³/mol. The van der Waals surface area contributed by atoms with Crippen molar-refractivity contribution >= 4 is 29.1 Å². The van der Waals surface area contributed by atoms with Gasteiger partial charge in [0.25, 0.3) is 17.7 Å². The van der Waals surface area contributed by atoms with Crippen LogP contribution < -0.4 is 10.6 Å². The second kappa shape index (κ2) is 10.8. The average Bonchev–Trinajstić information content (AvgIpc) is 3.29. The molecule has 3 aromatic rings. The van der Waals surface area contributed by atoms with Crippen LogP contribution in [-0.4, -0.2) is 46.7 Å². The average molecular weight is 466 g/mol. The number of amides is 3. The smallest absolute Gasteiger partial charge is 0.270 e. The monoisotopic (exact) mass is 465 g/mol. The van der Waals surface area contributed by atoms with E-state index in [0.717, 1.165) is 17.5 Å². The molecule has 0 spiro atoms. The van der Waals surface area contributed by atoms with E-state index in [1.165, 1.54) is 39.8 Å². The number of hydrogen-bond donors (Lipinski definition) is 2. The molecule has 0 aliphatic rings. The molecule has 0 radical (unpaired) electrons. The quantitative estimate of drug-likeness (QED) is 0.532. The maximum absolute atomic E-state index is 12.6. The van der Waals surface area contributed by atoms with E-state index >= 15 is 0 Å². The third-order valence-corrected chi connectivity index (χ3v) is 6.01. The van der Waals surface area contributed by atoms with Gasteiger partial charge in [-0.25, -0.2) is 9.97 Å². The Bertz CT molecular complexity index is 1170. The van der Waals surface area contributed by atoms with Crippen molar-refractivity contribution in [1.29, 1.82) is 0 Å². The fourth-order valence-electron chi connectivity index (χ4n) is 3.20. The van der Waals surface area contributed by atoms with Crippen LogP contribution in [0.25, 0.3) is 0 Å². The van der Waals surface area contributed by atoms with Gasteiger partial charge in [0.05, 0.1) is 4.88 Å². The van der Waals surface area contributed by atoms with Crippen molar-refractivity contribution in [3.05, 3.63) is 80.6 Å². The first-order valence-corrected chi connectivity index (χ1v) is 11.4. The minimum absolute atomic E-state index is 0.0827. The zero-order chi connectivity index (χ0) is 24.0. The molecule has 2 aromatic heterocycles. The Morgan fingerprint density at radius 3 is 2.24 bits per heavy atom. The third kappa shape index (κ3) is 6.23. The first-order chi connectivity index (χ1) is 15.8. The van der Waals surface area contributed by atoms with Crippen LogP contribution in [0.15, 0.2) is 42.0 Å². The zero-order valence-electron chi connectivity index (χ0n) is 19.1. The molecule has 0 atom stereocenters. The minimum atomic E-state index is -0.426. The largest absolute Gasteiger partial charge is 0.347 e. The van der Waals surface area contributed by atoms with Gasteiger partial charge < -0.3 is 15.5 Å². The van der Waals surface area contributed by atoms with Crippen LogP contribution in [0.3, 0.4) is 0 Å². The van der Waals surface area contributed by atoms with E-state index < -0.39 is 5.91 Å². The molecule has 0 saturated heterocycles. The third-order valence-electron chi connectivity index (χ3n) is 5.04. The topological polar surface area (TPSA) is 104 Å². The highest BCUT2D eigenvalue weighted by Gasteiger charge is 2.15. The molecule has 2 heterocycles. The van der Waals surface area contributed by atoms with Gasteiger partial charge >= 0.3 is 0 Å². The maximum Gasteiger partial charge on any atom is 0.270 e. The Morgan fingerprint density at radius 1 is 0.939 bits per heavy atom. The molecule has 0 aliphatic heterocycles. The highest BCUT2D eigenvalue weighted by Crippen LogP contribution is 2.16. The number of thiophene rings is 1. The Hall–Kier alpha value is -3.59. The van der Waals surface area contributed by atoms with Crippen molar-refractivity contribution in [2.45, 2.75) is 33.4 Å². The molecule has 33 heavy (non-hydrogen) atoms. The summed E-state index contributed by atoms with van der Waals surface area (Å²) in [6.45, 7) is 4.73. The van der Waals surface area contributed by atoms with Crippen molar-refractivity contribution in [1.82, 2.24) is 25.5 Å². The molecule has 3 rings (SSSR count). The number of carbonyl (C=O) groups is 3. The van der Waals surface area contributed by atoms with Gasteiger partial charge in [0.15, 0.2) is 0 Å². The summed E-state index contributed by atoms with van der Waals surface area (Å²) in [6.07, 6.45) is 2.07. The molecule has 0 unspecified atom stereocenters. The summed E-state index contributed by atoms with van der Waals surface area (Å²) in [5.41, 5.74) is 4.44. The number of benzene rings is 1. The molecule has 8 nitrogen and oxygen atoms in total. The van der Waals surface area contributed by atoms with E-state index in [0.29, 0.717) is 11.4 Å². The van der Waals surface area contributed by atoms with E-state index in [-0.39, 0.29) is 29.7 Å². The lowest BCUT2D eigenvalue weighted by Gasteiger charge is -2.10. The van der Waals surface area contributed by atoms with E-state index in [2.05, 4.69) is 33.6 Å². The lowest BCUT2D eigenvalue weighted by molar-refractivity contribution is 0.0831. The fraction of sp³-hybridized carbons (Fsp3) is 0.292. The lowest BCUT2D eigenvalue weighted by atomic mass is 10.0. The van der Waals surface area contributed by atoms with Crippen LogP contribution in [0.5, 0.6) is 0 Å². The Labute approximate surface area is 197 Å². The van der Waals surface area contributed by atoms with Gasteiger partial charge in [0, 0.05) is 33.3 Å². The van der Waals surface area contributed by atoms with Crippen molar-refractivity contribution < 1.29 is 14.4 Å². The standard InChI is InChI=1S/C24H27N5O3S/c1-5-17-8-15(2)6-7-18(17)12-26-23(31)20-10-19(27-14-28-20)22(30)25-11-16-9-21(33-13-16)24(32)29(3)4/h6-10,13-14H,5,11-12H2,1-4H3,(H,25,30)(H,26,31). The summed E-state index contributed by atoms with van der Waals surface area (Å²) in [5.74, 6) is -0.885. The summed E-state index contributed by atoms with van der Waals surface area (Å²) in [6, 6.07) is 9.26. The molecule has 0 saturated carbocycles. The number of rotatable bonds is 8. The second-order valence-electron chi connectivity index (χ2n) is 7.80. The highest BCUT2D eigenvalue weighted by molar-refractivity contribution is 7.12. The van der Waals surface area contributed by atoms with E-state index in [1.807, 2.05) is 24.4 Å². The van der Waals surface area contributed by atoms with E-state index in [4.69, 9.17) is 0 Å². The Morgan fingerprint density at radius 2 is 1.61 bits per heavy atom. The number of nitrogens with zero attached hydrogens (tertiary/aromatic N) is 3. The summed E-state index contributed by atoms with van der Waals surface area (Å²) in [5, 5.41) is 7.45. The number of carbonyl (C=O) groups excluding carboxylic acids is 3. The summed E-state index contributed by atoms with van der Waals surface area (Å²) >= 11 is 1.33. The molecule has 172 valence electrons.